The Labute approximate surface area is 614 Å². The topological polar surface area (TPSA) is 40.6 Å². The zero-order chi connectivity index (χ0) is 66.8. The van der Waals surface area contributed by atoms with Gasteiger partial charge in [0.05, 0.1) is 0 Å². The summed E-state index contributed by atoms with van der Waals surface area (Å²) in [6.07, 6.45) is 64.9. The van der Waals surface area contributed by atoms with Gasteiger partial charge in [-0.1, -0.05) is 209 Å². The average Bonchev–Trinajstić information content (AvgIpc) is 1.56. The molecule has 0 bridgehead atoms. The summed E-state index contributed by atoms with van der Waals surface area (Å²) in [6, 6.07) is 17.0. The van der Waals surface area contributed by atoms with Crippen molar-refractivity contribution in [2.24, 2.45) is 11.8 Å². The average molecular weight is 1540 g/mol. The predicted octanol–water partition coefficient (Wildman–Crippen LogP) is 27.8. The van der Waals surface area contributed by atoms with E-state index in [-0.39, 0.29) is 33.7 Å². The fourth-order valence-electron chi connectivity index (χ4n) is 15.7. The first-order chi connectivity index (χ1) is 46.7. The molecule has 0 aliphatic carbocycles. The Morgan fingerprint density at radius 1 is 0.354 bits per heavy atom. The van der Waals surface area contributed by atoms with E-state index in [2.05, 4.69) is 101 Å². The van der Waals surface area contributed by atoms with E-state index in [1.54, 1.807) is 49.2 Å². The summed E-state index contributed by atoms with van der Waals surface area (Å²) in [4.78, 5) is 41.5. The van der Waals surface area contributed by atoms with Crippen LogP contribution in [-0.4, -0.2) is 78.2 Å². The van der Waals surface area contributed by atoms with Gasteiger partial charge in [-0.05, 0) is 0 Å². The van der Waals surface area contributed by atoms with Crippen molar-refractivity contribution in [3.05, 3.63) is 77.1 Å². The normalized spacial score (nSPS) is 14.2. The molecule has 0 saturated carbocycles. The molecule has 8 rings (SSSR count). The van der Waals surface area contributed by atoms with E-state index in [9.17, 15) is 0 Å². The second kappa shape index (κ2) is 46.4. The molecule has 9 heteroatoms. The monoisotopic (exact) mass is 1540 g/mol. The van der Waals surface area contributed by atoms with Crippen LogP contribution in [0.1, 0.15) is 374 Å². The van der Waals surface area contributed by atoms with E-state index < -0.39 is 0 Å². The quantitative estimate of drug-likeness (QED) is 0.0282. The van der Waals surface area contributed by atoms with E-state index in [1.165, 1.54) is 303 Å². The van der Waals surface area contributed by atoms with Crippen molar-refractivity contribution in [2.45, 2.75) is 371 Å². The van der Waals surface area contributed by atoms with Crippen LogP contribution in [0.5, 0.6) is 0 Å². The van der Waals surface area contributed by atoms with Gasteiger partial charge in [-0.2, -0.15) is 0 Å². The van der Waals surface area contributed by atoms with Crippen molar-refractivity contribution in [3.8, 4) is 9.31 Å². The van der Waals surface area contributed by atoms with Crippen LogP contribution in [-0.2, 0) is 16.0 Å². The number of amides is 2. The maximum absolute atomic E-state index is 16.2. The molecule has 2 aliphatic heterocycles. The Morgan fingerprint density at radius 3 is 1.09 bits per heavy atom. The molecule has 2 amide bonds. The molecule has 2 unspecified atom stereocenters. The third-order valence-corrected chi connectivity index (χ3v) is 31.8. The van der Waals surface area contributed by atoms with Gasteiger partial charge in [0.1, 0.15) is 0 Å². The van der Waals surface area contributed by atoms with Crippen molar-refractivity contribution < 1.29 is 9.59 Å². The number of nitrogens with zero attached hydrogens (tertiary/aromatic N) is 2. The summed E-state index contributed by atoms with van der Waals surface area (Å²) in [7, 11) is 0. The van der Waals surface area contributed by atoms with Crippen molar-refractivity contribution >= 4 is 118 Å². The third-order valence-electron chi connectivity index (χ3n) is 21.4. The van der Waals surface area contributed by atoms with Gasteiger partial charge >= 0.3 is 411 Å². The van der Waals surface area contributed by atoms with Crippen LogP contribution in [0.3, 0.4) is 0 Å². The molecule has 2 atom stereocenters. The molecule has 536 valence electrons. The van der Waals surface area contributed by atoms with E-state index in [0.717, 1.165) is 46.8 Å². The fourth-order valence-corrected chi connectivity index (χ4v) is 26.1. The Hall–Kier alpha value is -2.18. The number of fused-ring (bicyclic) bond motifs is 7. The number of hydrogen-bond donors (Lipinski definition) is 0. The van der Waals surface area contributed by atoms with Gasteiger partial charge in [-0.3, -0.25) is 0 Å². The molecule has 1 aromatic carbocycles. The van der Waals surface area contributed by atoms with Crippen molar-refractivity contribution in [2.75, 3.05) is 13.1 Å². The summed E-state index contributed by atoms with van der Waals surface area (Å²) in [5, 5.41) is 4.69. The van der Waals surface area contributed by atoms with Gasteiger partial charge in [-0.15, -0.1) is 0 Å². The molecule has 0 saturated heterocycles. The number of carbonyl (C=O) groups excluding carboxylic acids is 2. The first-order valence-electron chi connectivity index (χ1n) is 40.4. The third kappa shape index (κ3) is 25.1. The second-order valence-corrected chi connectivity index (χ2v) is 39.3. The van der Waals surface area contributed by atoms with Crippen LogP contribution in [0, 0.1) is 25.7 Å². The van der Waals surface area contributed by atoms with Crippen LogP contribution in [0.25, 0.3) is 49.6 Å². The van der Waals surface area contributed by atoms with Crippen LogP contribution in [0.4, 0.5) is 0 Å². The number of thiophene rings is 2. The van der Waals surface area contributed by atoms with Crippen LogP contribution < -0.4 is 0 Å². The summed E-state index contributed by atoms with van der Waals surface area (Å²) < 4.78 is 9.73. The Morgan fingerprint density at radius 2 is 0.698 bits per heavy atom. The van der Waals surface area contributed by atoms with Gasteiger partial charge in [0, 0.05) is 0 Å². The van der Waals surface area contributed by atoms with E-state index >= 15 is 9.59 Å². The van der Waals surface area contributed by atoms with E-state index in [4.69, 9.17) is 0 Å². The van der Waals surface area contributed by atoms with Gasteiger partial charge in [0.2, 0.25) is 0 Å². The summed E-state index contributed by atoms with van der Waals surface area (Å²) in [5.41, 5.74) is 3.26. The maximum atomic E-state index is 16.2. The zero-order valence-electron chi connectivity index (χ0n) is 61.5. The number of unbranched alkanes of at least 4 members (excludes halogenated alkanes) is 39. The molecule has 0 fully saturated rings. The molecule has 0 spiro atoms. The molecular weight excluding hydrogens is 1410 g/mol. The van der Waals surface area contributed by atoms with Gasteiger partial charge in [-0.25, -0.2) is 0 Å². The van der Waals surface area contributed by atoms with Crippen molar-refractivity contribution in [1.82, 2.24) is 9.80 Å². The van der Waals surface area contributed by atoms with Crippen molar-refractivity contribution in [1.29, 1.82) is 0 Å². The molecular formula is C87H136N2O2S2Se3. The minimum atomic E-state index is 0. The summed E-state index contributed by atoms with van der Waals surface area (Å²) in [6.45, 7) is 17.5. The standard InChI is InChI=1S/C86H132N2O2S2Se3.CH4/c1-8-13-18-23-28-31-32-33-34-35-36-37-38-41-46-51-56-70-62-72-71-61-67(7)93-83(71)84-73(82(72)94-70)63-77(95-84)74-59-60-76(92-74)81-79-78(85(89)88(81)65-69(53-48-43-27-22-17-12-5)55-50-45-40-30-25-20-15-10-3)80(75-58-57-66(6)91-75)87(86(79)90)64-68(52-47-42-26-21-16-11-4)54-49-44-39-29-24-19-14-9-2;/h57-63,68-69H,8-56,64-65H2,1-7H3;1H4. The Balaban J connectivity index is 0.0000130. The van der Waals surface area contributed by atoms with Gasteiger partial charge in [0.25, 0.3) is 0 Å². The molecule has 7 heterocycles. The number of rotatable bonds is 56. The first-order valence-corrected chi connectivity index (χ1v) is 47.1. The minimum absolute atomic E-state index is 0. The molecule has 5 aromatic heterocycles. The van der Waals surface area contributed by atoms with Gasteiger partial charge in [0.15, 0.2) is 0 Å². The molecule has 0 N–H and O–H groups in total. The zero-order valence-corrected chi connectivity index (χ0v) is 68.3. The van der Waals surface area contributed by atoms with E-state index in [0.29, 0.717) is 65.1 Å². The number of benzene rings is 1. The molecule has 2 aliphatic rings. The first kappa shape index (κ1) is 81.1. The SMILES string of the molecule is C.CCCCCCCCCCCCCCCCCCc1cc2c3cc(C)[se]c3c3[se]c(-c4ccc(C5=C6C(=O)N(CC(CCCCCCCC)CCCCCCCCCC)C(c7ccc(C)s7)=C6C(=O)N5CC(CCCCCCCC)CCCCCCCCCC)s4)cc3c2[se]1. The summed E-state index contributed by atoms with van der Waals surface area (Å²) >= 11 is 4.58. The second-order valence-electron chi connectivity index (χ2n) is 29.7. The summed E-state index contributed by atoms with van der Waals surface area (Å²) in [5.74, 6) is 0.971. The molecule has 4 nitrogen and oxygen atoms in total. The predicted molar refractivity (Wildman–Crippen MR) is 432 cm³/mol. The Bertz CT molecular complexity index is 3210. The number of aryl methyl sites for hydroxylation is 3. The Kier molecular flexibility index (Phi) is 39.2. The van der Waals surface area contributed by atoms with Gasteiger partial charge < -0.3 is 0 Å². The van der Waals surface area contributed by atoms with E-state index in [1.807, 2.05) is 11.3 Å². The molecule has 0 radical (unpaired) electrons. The number of hydrogen-bond acceptors (Lipinski definition) is 4. The van der Waals surface area contributed by atoms with Crippen LogP contribution in [0.15, 0.2) is 53.6 Å². The van der Waals surface area contributed by atoms with Crippen molar-refractivity contribution in [3.63, 3.8) is 0 Å². The number of carbonyl (C=O) groups is 2. The van der Waals surface area contributed by atoms with Crippen LogP contribution >= 0.6 is 22.7 Å². The fraction of sp³-hybridized carbons (Fsp3) is 0.701. The molecule has 96 heavy (non-hydrogen) atoms. The molecule has 6 aromatic rings. The van der Waals surface area contributed by atoms with Crippen LogP contribution in [0.2, 0.25) is 0 Å².